The fourth-order valence-electron chi connectivity index (χ4n) is 5.13. The minimum Gasteiger partial charge on any atom is -0.462 e. The van der Waals surface area contributed by atoms with Gasteiger partial charge in [-0.15, -0.1) is 0 Å². The molecule has 0 aliphatic rings. The van der Waals surface area contributed by atoms with Crippen LogP contribution >= 0.6 is 7.82 Å². The van der Waals surface area contributed by atoms with Crippen LogP contribution in [0.25, 0.3) is 0 Å². The van der Waals surface area contributed by atoms with Crippen molar-refractivity contribution in [3.63, 3.8) is 0 Å². The van der Waals surface area contributed by atoms with E-state index in [2.05, 4.69) is 62.5 Å². The SMILES string of the molecule is CCC=CCC=CCC=CCC=CC=CC(O)CCCC(=O)OC(COC(=O)CCCCCCCC=CCCCCCCCC)COP(=O)(O)OCCN. The lowest BCUT2D eigenvalue weighted by Crippen LogP contribution is -2.29. The van der Waals surface area contributed by atoms with E-state index in [1.54, 1.807) is 12.2 Å². The van der Waals surface area contributed by atoms with Gasteiger partial charge in [-0.3, -0.25) is 18.6 Å². The number of phosphoric ester groups is 1. The summed E-state index contributed by atoms with van der Waals surface area (Å²) >= 11 is 0. The number of hydrogen-bond donors (Lipinski definition) is 3. The Bertz CT molecular complexity index is 1130. The number of phosphoric acid groups is 1. The molecule has 0 saturated carbocycles. The first-order valence-corrected chi connectivity index (χ1v) is 22.0. The summed E-state index contributed by atoms with van der Waals surface area (Å²) in [4.78, 5) is 34.8. The summed E-state index contributed by atoms with van der Waals surface area (Å²) in [5.74, 6) is -1.05. The van der Waals surface area contributed by atoms with Crippen LogP contribution in [0.5, 0.6) is 0 Å². The zero-order chi connectivity index (χ0) is 39.8. The predicted molar refractivity (Wildman–Crippen MR) is 221 cm³/mol. The van der Waals surface area contributed by atoms with Gasteiger partial charge >= 0.3 is 19.8 Å². The van der Waals surface area contributed by atoms with Crippen molar-refractivity contribution in [2.75, 3.05) is 26.4 Å². The molecule has 0 aliphatic heterocycles. The van der Waals surface area contributed by atoms with Gasteiger partial charge in [0.2, 0.25) is 0 Å². The number of allylic oxidation sites excluding steroid dienone is 11. The molecule has 11 heteroatoms. The molecule has 3 atom stereocenters. The minimum absolute atomic E-state index is 0.00526. The molecule has 0 aromatic rings. The molecule has 10 nitrogen and oxygen atoms in total. The fourth-order valence-corrected chi connectivity index (χ4v) is 5.89. The van der Waals surface area contributed by atoms with Crippen molar-refractivity contribution in [3.05, 3.63) is 72.9 Å². The van der Waals surface area contributed by atoms with E-state index in [0.717, 1.165) is 64.2 Å². The number of nitrogens with two attached hydrogens (primary N) is 1. The van der Waals surface area contributed by atoms with Crippen LogP contribution < -0.4 is 5.73 Å². The third kappa shape index (κ3) is 37.7. The molecule has 0 aromatic carbocycles. The predicted octanol–water partition coefficient (Wildman–Crippen LogP) is 10.5. The zero-order valence-corrected chi connectivity index (χ0v) is 34.4. The molecular formula is C43H74NO9P. The Morgan fingerprint density at radius 3 is 1.87 bits per heavy atom. The molecule has 0 spiro atoms. The molecule has 0 bridgehead atoms. The average Bonchev–Trinajstić information content (AvgIpc) is 3.15. The van der Waals surface area contributed by atoms with Crippen LogP contribution in [0.3, 0.4) is 0 Å². The van der Waals surface area contributed by atoms with Crippen LogP contribution in [0.15, 0.2) is 72.9 Å². The van der Waals surface area contributed by atoms with E-state index in [1.165, 1.54) is 38.5 Å². The molecule has 54 heavy (non-hydrogen) atoms. The number of esters is 2. The average molecular weight is 780 g/mol. The van der Waals surface area contributed by atoms with E-state index in [0.29, 0.717) is 19.3 Å². The summed E-state index contributed by atoms with van der Waals surface area (Å²) in [5.41, 5.74) is 5.33. The lowest BCUT2D eigenvalue weighted by atomic mass is 10.1. The highest BCUT2D eigenvalue weighted by atomic mass is 31.2. The molecule has 0 heterocycles. The van der Waals surface area contributed by atoms with E-state index in [9.17, 15) is 24.2 Å². The number of carbonyl (C=O) groups excluding carboxylic acids is 2. The second-order valence-electron chi connectivity index (χ2n) is 13.3. The molecule has 0 saturated heterocycles. The third-order valence-corrected chi connectivity index (χ3v) is 9.16. The van der Waals surface area contributed by atoms with Gasteiger partial charge in [0.05, 0.1) is 19.3 Å². The monoisotopic (exact) mass is 780 g/mol. The summed E-state index contributed by atoms with van der Waals surface area (Å²) in [7, 11) is -4.43. The molecule has 310 valence electrons. The maximum atomic E-state index is 12.6. The van der Waals surface area contributed by atoms with Crippen LogP contribution in [0.2, 0.25) is 0 Å². The molecule has 0 rings (SSSR count). The Labute approximate surface area is 327 Å². The van der Waals surface area contributed by atoms with Crippen LogP contribution in [0.4, 0.5) is 0 Å². The van der Waals surface area contributed by atoms with E-state index in [4.69, 9.17) is 24.3 Å². The van der Waals surface area contributed by atoms with Crippen molar-refractivity contribution in [2.45, 2.75) is 161 Å². The number of aliphatic hydroxyl groups is 1. The molecule has 3 unspecified atom stereocenters. The number of carbonyl (C=O) groups is 2. The maximum Gasteiger partial charge on any atom is 0.472 e. The molecule has 0 radical (unpaired) electrons. The van der Waals surface area contributed by atoms with Gasteiger partial charge in [0, 0.05) is 19.4 Å². The zero-order valence-electron chi connectivity index (χ0n) is 33.5. The second kappa shape index (κ2) is 38.7. The van der Waals surface area contributed by atoms with Crippen molar-refractivity contribution < 1.29 is 42.7 Å². The largest absolute Gasteiger partial charge is 0.472 e. The van der Waals surface area contributed by atoms with E-state index < -0.39 is 38.6 Å². The highest BCUT2D eigenvalue weighted by Crippen LogP contribution is 2.43. The Morgan fingerprint density at radius 2 is 1.24 bits per heavy atom. The van der Waals surface area contributed by atoms with Crippen molar-refractivity contribution in [3.8, 4) is 0 Å². The van der Waals surface area contributed by atoms with Crippen molar-refractivity contribution in [2.24, 2.45) is 5.73 Å². The first-order chi connectivity index (χ1) is 26.2. The number of ether oxygens (including phenoxy) is 2. The number of hydrogen-bond acceptors (Lipinski definition) is 9. The van der Waals surface area contributed by atoms with Crippen LogP contribution in [0, 0.1) is 0 Å². The highest BCUT2D eigenvalue weighted by Gasteiger charge is 2.26. The van der Waals surface area contributed by atoms with Crippen molar-refractivity contribution in [1.82, 2.24) is 0 Å². The number of rotatable bonds is 37. The van der Waals surface area contributed by atoms with Gasteiger partial charge in [-0.1, -0.05) is 138 Å². The second-order valence-corrected chi connectivity index (χ2v) is 14.8. The number of aliphatic hydroxyl groups excluding tert-OH is 1. The molecule has 0 aliphatic carbocycles. The Kier molecular flexibility index (Phi) is 36.8. The van der Waals surface area contributed by atoms with Crippen LogP contribution in [-0.4, -0.2) is 60.5 Å². The first kappa shape index (κ1) is 51.4. The molecule has 4 N–H and O–H groups in total. The Morgan fingerprint density at radius 1 is 0.667 bits per heavy atom. The van der Waals surface area contributed by atoms with E-state index in [1.807, 2.05) is 12.2 Å². The lowest BCUT2D eigenvalue weighted by molar-refractivity contribution is -0.161. The summed E-state index contributed by atoms with van der Waals surface area (Å²) in [6.07, 6.45) is 42.5. The van der Waals surface area contributed by atoms with Gasteiger partial charge < -0.3 is 25.2 Å². The van der Waals surface area contributed by atoms with Gasteiger partial charge in [-0.25, -0.2) is 4.57 Å². The fraction of sp³-hybridized carbons (Fsp3) is 0.674. The van der Waals surface area contributed by atoms with E-state index in [-0.39, 0.29) is 32.6 Å². The topological polar surface area (TPSA) is 155 Å². The van der Waals surface area contributed by atoms with Crippen LogP contribution in [-0.2, 0) is 32.7 Å². The quantitative estimate of drug-likeness (QED) is 0.0182. The minimum atomic E-state index is -4.43. The smallest absolute Gasteiger partial charge is 0.462 e. The van der Waals surface area contributed by atoms with Gasteiger partial charge in [0.15, 0.2) is 6.10 Å². The Balaban J connectivity index is 4.42. The van der Waals surface area contributed by atoms with E-state index >= 15 is 0 Å². The summed E-state index contributed by atoms with van der Waals surface area (Å²) in [5, 5.41) is 10.3. The standard InChI is InChI=1S/C43H74NO9P/c1-3-5-7-9-11-13-15-17-18-20-22-24-26-28-30-34-42(46)50-38-41(39-52-54(48,49)51-37-36-44)53-43(47)35-31-33-40(45)32-29-27-25-23-21-19-16-14-12-10-8-6-4-2/h6,8,12,14,17-19,21,25,27,29,32,40-41,45H,3-5,7,9-11,13,15-16,20,22-24,26,28,30-31,33-39,44H2,1-2H3,(H,48,49). The number of unbranched alkanes of at least 4 members (excludes halogenated alkanes) is 11. The highest BCUT2D eigenvalue weighted by molar-refractivity contribution is 7.47. The summed E-state index contributed by atoms with van der Waals surface area (Å²) in [6.45, 7) is 3.35. The van der Waals surface area contributed by atoms with Crippen LogP contribution in [0.1, 0.15) is 149 Å². The maximum absolute atomic E-state index is 12.6. The molecule has 0 amide bonds. The van der Waals surface area contributed by atoms with Crippen molar-refractivity contribution in [1.29, 1.82) is 0 Å². The molecular weight excluding hydrogens is 705 g/mol. The van der Waals surface area contributed by atoms with Gasteiger partial charge in [-0.05, 0) is 70.6 Å². The molecule has 0 fully saturated rings. The van der Waals surface area contributed by atoms with Crippen molar-refractivity contribution >= 4 is 19.8 Å². The molecule has 0 aromatic heterocycles. The third-order valence-electron chi connectivity index (χ3n) is 8.18. The lowest BCUT2D eigenvalue weighted by Gasteiger charge is -2.20. The summed E-state index contributed by atoms with van der Waals surface area (Å²) in [6, 6.07) is 0. The van der Waals surface area contributed by atoms with Gasteiger partial charge in [0.25, 0.3) is 0 Å². The first-order valence-electron chi connectivity index (χ1n) is 20.5. The Hall–Kier alpha value is -2.59. The normalized spacial score (nSPS) is 14.7. The van der Waals surface area contributed by atoms with Gasteiger partial charge in [0.1, 0.15) is 6.61 Å². The summed E-state index contributed by atoms with van der Waals surface area (Å²) < 4.78 is 32.6. The van der Waals surface area contributed by atoms with Gasteiger partial charge in [-0.2, -0.15) is 0 Å².